The van der Waals surface area contributed by atoms with Gasteiger partial charge in [0.2, 0.25) is 5.78 Å². The first-order valence-electron chi connectivity index (χ1n) is 8.39. The standard InChI is InChI=1S/C18H19ClN2O5S/c1-11-8-15(12(2)21(11)13-5-7-27(24,25)10-13)16(22)9-26-18(23)14-4-3-6-20-17(14)19/h3-4,6,8,13H,5,7,9-10H2,1-2H3/t13-/m0/s1. The number of aryl methyl sites for hydroxylation is 1. The Morgan fingerprint density at radius 2 is 2.07 bits per heavy atom. The van der Waals surface area contributed by atoms with E-state index in [0.29, 0.717) is 17.7 Å². The summed E-state index contributed by atoms with van der Waals surface area (Å²) in [5, 5.41) is 0.00979. The van der Waals surface area contributed by atoms with Crippen molar-refractivity contribution in [1.29, 1.82) is 0 Å². The lowest BCUT2D eigenvalue weighted by atomic mass is 10.1. The highest BCUT2D eigenvalue weighted by Gasteiger charge is 2.31. The minimum atomic E-state index is -3.04. The molecule has 1 aliphatic heterocycles. The second kappa shape index (κ2) is 7.44. The largest absolute Gasteiger partial charge is 0.454 e. The number of carbonyl (C=O) groups is 2. The maximum Gasteiger partial charge on any atom is 0.341 e. The van der Waals surface area contributed by atoms with Gasteiger partial charge in [0.05, 0.1) is 17.1 Å². The van der Waals surface area contributed by atoms with Crippen molar-refractivity contribution in [3.05, 3.63) is 52.1 Å². The zero-order chi connectivity index (χ0) is 19.8. The van der Waals surface area contributed by atoms with E-state index < -0.39 is 22.4 Å². The number of rotatable bonds is 5. The van der Waals surface area contributed by atoms with Crippen LogP contribution in [0, 0.1) is 13.8 Å². The van der Waals surface area contributed by atoms with Gasteiger partial charge in [0.25, 0.3) is 0 Å². The third-order valence-corrected chi connectivity index (χ3v) is 6.72. The van der Waals surface area contributed by atoms with Crippen LogP contribution in [-0.2, 0) is 14.6 Å². The summed E-state index contributed by atoms with van der Waals surface area (Å²) in [5.74, 6) is -0.854. The number of Topliss-reactive ketones (excluding diaryl/α,β-unsaturated/α-hetero) is 1. The van der Waals surface area contributed by atoms with Crippen LogP contribution in [0.25, 0.3) is 0 Å². The average molecular weight is 411 g/mol. The number of nitrogens with zero attached hydrogens (tertiary/aromatic N) is 2. The quantitative estimate of drug-likeness (QED) is 0.427. The van der Waals surface area contributed by atoms with Crippen LogP contribution in [-0.4, -0.2) is 47.8 Å². The summed E-state index contributed by atoms with van der Waals surface area (Å²) in [7, 11) is -3.04. The van der Waals surface area contributed by atoms with E-state index >= 15 is 0 Å². The number of sulfone groups is 1. The van der Waals surface area contributed by atoms with E-state index in [-0.39, 0.29) is 34.0 Å². The summed E-state index contributed by atoms with van der Waals surface area (Å²) in [6, 6.07) is 4.54. The third kappa shape index (κ3) is 4.06. The molecule has 1 aliphatic rings. The number of pyridine rings is 1. The zero-order valence-corrected chi connectivity index (χ0v) is 16.5. The Kier molecular flexibility index (Phi) is 5.39. The van der Waals surface area contributed by atoms with E-state index in [1.165, 1.54) is 12.3 Å². The molecule has 1 saturated heterocycles. The van der Waals surface area contributed by atoms with Crippen molar-refractivity contribution in [3.8, 4) is 0 Å². The summed E-state index contributed by atoms with van der Waals surface area (Å²) in [4.78, 5) is 28.4. The van der Waals surface area contributed by atoms with Crippen molar-refractivity contribution in [1.82, 2.24) is 9.55 Å². The van der Waals surface area contributed by atoms with E-state index in [4.69, 9.17) is 16.3 Å². The molecule has 3 rings (SSSR count). The molecule has 0 N–H and O–H groups in total. The molecule has 1 fully saturated rings. The fourth-order valence-electron chi connectivity index (χ4n) is 3.43. The lowest BCUT2D eigenvalue weighted by Crippen LogP contribution is -2.17. The molecule has 1 atom stereocenters. The Balaban J connectivity index is 1.73. The Bertz CT molecular complexity index is 1010. The van der Waals surface area contributed by atoms with Gasteiger partial charge in [-0.25, -0.2) is 18.2 Å². The number of halogens is 1. The van der Waals surface area contributed by atoms with E-state index in [0.717, 1.165) is 5.69 Å². The number of hydrogen-bond donors (Lipinski definition) is 0. The predicted molar refractivity (Wildman–Crippen MR) is 100 cm³/mol. The van der Waals surface area contributed by atoms with Gasteiger partial charge in [-0.1, -0.05) is 11.6 Å². The minimum absolute atomic E-state index is 0.00979. The summed E-state index contributed by atoms with van der Waals surface area (Å²) in [6.07, 6.45) is 1.98. The fourth-order valence-corrected chi connectivity index (χ4v) is 5.32. The van der Waals surface area contributed by atoms with Crippen LogP contribution < -0.4 is 0 Å². The first-order valence-corrected chi connectivity index (χ1v) is 10.6. The monoisotopic (exact) mass is 410 g/mol. The predicted octanol–water partition coefficient (Wildman–Crippen LogP) is 2.55. The number of ether oxygens (including phenoxy) is 1. The molecule has 0 unspecified atom stereocenters. The molecule has 0 amide bonds. The second-order valence-electron chi connectivity index (χ2n) is 6.55. The summed E-state index contributed by atoms with van der Waals surface area (Å²) in [5.41, 5.74) is 1.99. The van der Waals surface area contributed by atoms with Gasteiger partial charge in [-0.15, -0.1) is 0 Å². The Morgan fingerprint density at radius 3 is 2.70 bits per heavy atom. The van der Waals surface area contributed by atoms with E-state index in [9.17, 15) is 18.0 Å². The van der Waals surface area contributed by atoms with Crippen LogP contribution in [0.4, 0.5) is 0 Å². The molecule has 2 aromatic rings. The first kappa shape index (κ1) is 19.6. The molecule has 27 heavy (non-hydrogen) atoms. The smallest absolute Gasteiger partial charge is 0.341 e. The topological polar surface area (TPSA) is 95.3 Å². The SMILES string of the molecule is Cc1cc(C(=O)COC(=O)c2cccnc2Cl)c(C)n1[C@H]1CCS(=O)(=O)C1. The molecule has 144 valence electrons. The van der Waals surface area contributed by atoms with Gasteiger partial charge >= 0.3 is 5.97 Å². The number of carbonyl (C=O) groups excluding carboxylic acids is 2. The molecule has 9 heteroatoms. The van der Waals surface area contributed by atoms with Crippen molar-refractivity contribution in [2.24, 2.45) is 0 Å². The highest BCUT2D eigenvalue weighted by molar-refractivity contribution is 7.91. The minimum Gasteiger partial charge on any atom is -0.454 e. The second-order valence-corrected chi connectivity index (χ2v) is 9.14. The maximum absolute atomic E-state index is 12.5. The van der Waals surface area contributed by atoms with Crippen LogP contribution >= 0.6 is 11.6 Å². The first-order chi connectivity index (χ1) is 12.7. The molecule has 0 aromatic carbocycles. The third-order valence-electron chi connectivity index (χ3n) is 4.67. The van der Waals surface area contributed by atoms with Gasteiger partial charge in [-0.05, 0) is 38.5 Å². The molecule has 7 nitrogen and oxygen atoms in total. The lowest BCUT2D eigenvalue weighted by Gasteiger charge is -2.16. The number of esters is 1. The summed E-state index contributed by atoms with van der Waals surface area (Å²) < 4.78 is 30.5. The molecule has 0 aliphatic carbocycles. The van der Waals surface area contributed by atoms with Crippen molar-refractivity contribution in [2.45, 2.75) is 26.3 Å². The molecular weight excluding hydrogens is 392 g/mol. The van der Waals surface area contributed by atoms with Crippen LogP contribution in [0.1, 0.15) is 44.6 Å². The number of ketones is 1. The van der Waals surface area contributed by atoms with Gasteiger partial charge < -0.3 is 9.30 Å². The molecule has 3 heterocycles. The lowest BCUT2D eigenvalue weighted by molar-refractivity contribution is 0.0474. The van der Waals surface area contributed by atoms with Gasteiger partial charge in [0, 0.05) is 29.2 Å². The van der Waals surface area contributed by atoms with E-state index in [1.807, 2.05) is 11.5 Å². The van der Waals surface area contributed by atoms with Gasteiger partial charge in [-0.2, -0.15) is 0 Å². The molecule has 0 radical (unpaired) electrons. The fraction of sp³-hybridized carbons (Fsp3) is 0.389. The van der Waals surface area contributed by atoms with Crippen molar-refractivity contribution in [3.63, 3.8) is 0 Å². The molecular formula is C18H19ClN2O5S. The molecule has 0 bridgehead atoms. The molecule has 0 saturated carbocycles. The van der Waals surface area contributed by atoms with Gasteiger partial charge in [0.15, 0.2) is 16.4 Å². The maximum atomic E-state index is 12.5. The van der Waals surface area contributed by atoms with Crippen LogP contribution in [0.2, 0.25) is 5.15 Å². The van der Waals surface area contributed by atoms with Crippen molar-refractivity contribution in [2.75, 3.05) is 18.1 Å². The Morgan fingerprint density at radius 1 is 1.33 bits per heavy atom. The highest BCUT2D eigenvalue weighted by Crippen LogP contribution is 2.29. The number of aromatic nitrogens is 2. The summed E-state index contributed by atoms with van der Waals surface area (Å²) >= 11 is 5.85. The zero-order valence-electron chi connectivity index (χ0n) is 14.9. The Hall–Kier alpha value is -2.19. The van der Waals surface area contributed by atoms with Crippen molar-refractivity contribution < 1.29 is 22.7 Å². The van der Waals surface area contributed by atoms with E-state index in [2.05, 4.69) is 4.98 Å². The number of hydrogen-bond acceptors (Lipinski definition) is 6. The van der Waals surface area contributed by atoms with Crippen LogP contribution in [0.15, 0.2) is 24.4 Å². The van der Waals surface area contributed by atoms with Gasteiger partial charge in [0.1, 0.15) is 5.15 Å². The molecule has 2 aromatic heterocycles. The van der Waals surface area contributed by atoms with Crippen molar-refractivity contribution >= 4 is 33.2 Å². The highest BCUT2D eigenvalue weighted by atomic mass is 35.5. The summed E-state index contributed by atoms with van der Waals surface area (Å²) in [6.45, 7) is 3.17. The van der Waals surface area contributed by atoms with Gasteiger partial charge in [-0.3, -0.25) is 4.79 Å². The van der Waals surface area contributed by atoms with Crippen LogP contribution in [0.3, 0.4) is 0 Å². The Labute approximate surface area is 162 Å². The van der Waals surface area contributed by atoms with E-state index in [1.54, 1.807) is 19.1 Å². The van der Waals surface area contributed by atoms with Crippen LogP contribution in [0.5, 0.6) is 0 Å². The normalized spacial score (nSPS) is 18.4. The molecule has 0 spiro atoms. The average Bonchev–Trinajstić information content (AvgIpc) is 3.11.